The van der Waals surface area contributed by atoms with Crippen molar-refractivity contribution in [3.63, 3.8) is 0 Å². The normalized spacial score (nSPS) is 10.2. The van der Waals surface area contributed by atoms with Crippen LogP contribution >= 0.6 is 15.9 Å². The average Bonchev–Trinajstić information content (AvgIpc) is 2.41. The monoisotopic (exact) mass is 317 g/mol. The molecule has 0 aromatic heterocycles. The summed E-state index contributed by atoms with van der Waals surface area (Å²) in [5, 5.41) is 7.48. The van der Waals surface area contributed by atoms with Gasteiger partial charge in [0.15, 0.2) is 0 Å². The van der Waals surface area contributed by atoms with Gasteiger partial charge in [-0.2, -0.15) is 0 Å². The van der Waals surface area contributed by atoms with Gasteiger partial charge in [0.2, 0.25) is 0 Å². The molecular weight excluding hydrogens is 302 g/mol. The molecule has 0 atom stereocenters. The van der Waals surface area contributed by atoms with Crippen LogP contribution in [0.5, 0.6) is 0 Å². The highest BCUT2D eigenvalue weighted by Crippen LogP contribution is 2.21. The minimum absolute atomic E-state index is 0.0936. The minimum Gasteiger partial charge on any atom is -0.384 e. The number of nitrogens with two attached hydrogens (primary N) is 1. The Morgan fingerprint density at radius 1 is 1.21 bits per heavy atom. The van der Waals surface area contributed by atoms with Crippen molar-refractivity contribution >= 4 is 27.5 Å². The van der Waals surface area contributed by atoms with E-state index in [1.165, 1.54) is 5.56 Å². The second-order valence-corrected chi connectivity index (χ2v) is 5.27. The van der Waals surface area contributed by atoms with Crippen LogP contribution in [0, 0.1) is 5.41 Å². The van der Waals surface area contributed by atoms with E-state index in [0.29, 0.717) is 0 Å². The van der Waals surface area contributed by atoms with Crippen molar-refractivity contribution in [3.8, 4) is 0 Å². The fourth-order valence-corrected chi connectivity index (χ4v) is 2.29. The number of nitrogens with one attached hydrogen (secondary N) is 1. The molecule has 0 saturated carbocycles. The first-order valence-corrected chi connectivity index (χ1v) is 6.76. The van der Waals surface area contributed by atoms with E-state index >= 15 is 0 Å². The van der Waals surface area contributed by atoms with Crippen LogP contribution in [-0.4, -0.2) is 12.9 Å². The zero-order valence-corrected chi connectivity index (χ0v) is 12.3. The summed E-state index contributed by atoms with van der Waals surface area (Å²) >= 11 is 3.55. The molecule has 0 aliphatic rings. The number of amidine groups is 1. The fraction of sp³-hybridized carbons (Fsp3) is 0.133. The molecule has 2 rings (SSSR count). The molecule has 0 saturated heterocycles. The first-order valence-electron chi connectivity index (χ1n) is 5.97. The quantitative estimate of drug-likeness (QED) is 0.671. The Kier molecular flexibility index (Phi) is 4.22. The molecule has 2 aromatic carbocycles. The lowest BCUT2D eigenvalue weighted by atomic mass is 10.1. The maximum atomic E-state index is 7.48. The highest BCUT2D eigenvalue weighted by atomic mass is 79.9. The Bertz CT molecular complexity index is 595. The first-order chi connectivity index (χ1) is 9.08. The number of nitrogen functional groups attached to an aromatic ring is 1. The van der Waals surface area contributed by atoms with E-state index in [2.05, 4.69) is 26.9 Å². The molecule has 19 heavy (non-hydrogen) atoms. The summed E-state index contributed by atoms with van der Waals surface area (Å²) in [6.45, 7) is 0.794. The summed E-state index contributed by atoms with van der Waals surface area (Å²) in [6, 6.07) is 15.9. The third kappa shape index (κ3) is 3.35. The van der Waals surface area contributed by atoms with Crippen molar-refractivity contribution in [2.75, 3.05) is 11.9 Å². The third-order valence-electron chi connectivity index (χ3n) is 2.96. The van der Waals surface area contributed by atoms with Gasteiger partial charge in [0.1, 0.15) is 5.84 Å². The van der Waals surface area contributed by atoms with Gasteiger partial charge < -0.3 is 10.6 Å². The van der Waals surface area contributed by atoms with Crippen molar-refractivity contribution in [2.24, 2.45) is 5.73 Å². The van der Waals surface area contributed by atoms with Crippen LogP contribution in [0.4, 0.5) is 5.69 Å². The minimum atomic E-state index is 0.0936. The predicted octanol–water partition coefficient (Wildman–Crippen LogP) is 3.37. The Hall–Kier alpha value is -1.81. The fourth-order valence-electron chi connectivity index (χ4n) is 1.88. The summed E-state index contributed by atoms with van der Waals surface area (Å²) in [5.41, 5.74) is 8.53. The largest absolute Gasteiger partial charge is 0.384 e. The summed E-state index contributed by atoms with van der Waals surface area (Å²) in [6.07, 6.45) is 0. The summed E-state index contributed by atoms with van der Waals surface area (Å²) in [5.74, 6) is 0.0936. The highest BCUT2D eigenvalue weighted by molar-refractivity contribution is 9.10. The van der Waals surface area contributed by atoms with E-state index in [9.17, 15) is 0 Å². The molecule has 0 fully saturated rings. The molecule has 0 heterocycles. The van der Waals surface area contributed by atoms with Crippen LogP contribution in [0.15, 0.2) is 53.0 Å². The lowest BCUT2D eigenvalue weighted by Crippen LogP contribution is -2.18. The number of benzene rings is 2. The van der Waals surface area contributed by atoms with Crippen LogP contribution in [0.2, 0.25) is 0 Å². The molecule has 0 spiro atoms. The van der Waals surface area contributed by atoms with Crippen molar-refractivity contribution < 1.29 is 0 Å². The van der Waals surface area contributed by atoms with Gasteiger partial charge in [-0.25, -0.2) is 0 Å². The lowest BCUT2D eigenvalue weighted by Gasteiger charge is -2.20. The highest BCUT2D eigenvalue weighted by Gasteiger charge is 2.06. The molecule has 98 valence electrons. The maximum Gasteiger partial charge on any atom is 0.122 e. The Morgan fingerprint density at radius 3 is 2.63 bits per heavy atom. The van der Waals surface area contributed by atoms with Crippen LogP contribution in [-0.2, 0) is 6.54 Å². The van der Waals surface area contributed by atoms with Crippen molar-refractivity contribution in [2.45, 2.75) is 6.54 Å². The molecule has 2 aromatic rings. The van der Waals surface area contributed by atoms with Gasteiger partial charge in [-0.3, -0.25) is 5.41 Å². The first kappa shape index (κ1) is 13.6. The number of nitrogens with zero attached hydrogens (tertiary/aromatic N) is 1. The molecule has 0 bridgehead atoms. The third-order valence-corrected chi connectivity index (χ3v) is 3.74. The van der Waals surface area contributed by atoms with Gasteiger partial charge in [-0.05, 0) is 23.8 Å². The molecule has 0 aliphatic carbocycles. The van der Waals surface area contributed by atoms with Gasteiger partial charge in [-0.1, -0.05) is 46.3 Å². The topological polar surface area (TPSA) is 53.1 Å². The SMILES string of the molecule is CN(Cc1ccccc1Br)c1cccc(C(=N)N)c1. The summed E-state index contributed by atoms with van der Waals surface area (Å²) in [4.78, 5) is 2.13. The van der Waals surface area contributed by atoms with Crippen molar-refractivity contribution in [1.82, 2.24) is 0 Å². The zero-order valence-electron chi connectivity index (χ0n) is 10.7. The molecule has 0 amide bonds. The Balaban J connectivity index is 2.20. The van der Waals surface area contributed by atoms with Gasteiger partial charge in [-0.15, -0.1) is 0 Å². The van der Waals surface area contributed by atoms with E-state index in [1.807, 2.05) is 49.5 Å². The smallest absolute Gasteiger partial charge is 0.122 e. The molecule has 0 aliphatic heterocycles. The number of rotatable bonds is 4. The lowest BCUT2D eigenvalue weighted by molar-refractivity contribution is 0.918. The van der Waals surface area contributed by atoms with E-state index in [4.69, 9.17) is 11.1 Å². The Morgan fingerprint density at radius 2 is 1.95 bits per heavy atom. The van der Waals surface area contributed by atoms with Crippen LogP contribution in [0.25, 0.3) is 0 Å². The van der Waals surface area contributed by atoms with Gasteiger partial charge >= 0.3 is 0 Å². The maximum absolute atomic E-state index is 7.48. The van der Waals surface area contributed by atoms with Crippen LogP contribution < -0.4 is 10.6 Å². The summed E-state index contributed by atoms with van der Waals surface area (Å²) in [7, 11) is 2.03. The Labute approximate surface area is 121 Å². The molecule has 4 heteroatoms. The number of anilines is 1. The van der Waals surface area contributed by atoms with Gasteiger partial charge in [0, 0.05) is 29.3 Å². The second-order valence-electron chi connectivity index (χ2n) is 4.41. The molecule has 3 nitrogen and oxygen atoms in total. The van der Waals surface area contributed by atoms with Crippen molar-refractivity contribution in [1.29, 1.82) is 5.41 Å². The van der Waals surface area contributed by atoms with Gasteiger partial charge in [0.25, 0.3) is 0 Å². The standard InChI is InChI=1S/C15H16BrN3/c1-19(10-12-5-2-3-8-14(12)16)13-7-4-6-11(9-13)15(17)18/h2-9H,10H2,1H3,(H3,17,18). The van der Waals surface area contributed by atoms with Gasteiger partial charge in [0.05, 0.1) is 0 Å². The number of hydrogen-bond donors (Lipinski definition) is 2. The number of hydrogen-bond acceptors (Lipinski definition) is 2. The average molecular weight is 318 g/mol. The van der Waals surface area contributed by atoms with E-state index < -0.39 is 0 Å². The molecular formula is C15H16BrN3. The summed E-state index contributed by atoms with van der Waals surface area (Å²) < 4.78 is 1.10. The van der Waals surface area contributed by atoms with E-state index in [1.54, 1.807) is 0 Å². The second kappa shape index (κ2) is 5.89. The van der Waals surface area contributed by atoms with Crippen molar-refractivity contribution in [3.05, 3.63) is 64.1 Å². The van der Waals surface area contributed by atoms with Crippen LogP contribution in [0.1, 0.15) is 11.1 Å². The predicted molar refractivity (Wildman–Crippen MR) is 83.7 cm³/mol. The molecule has 3 N–H and O–H groups in total. The zero-order chi connectivity index (χ0) is 13.8. The van der Waals surface area contributed by atoms with Crippen LogP contribution in [0.3, 0.4) is 0 Å². The molecule has 0 radical (unpaired) electrons. The number of halogens is 1. The molecule has 0 unspecified atom stereocenters. The van der Waals surface area contributed by atoms with E-state index in [0.717, 1.165) is 22.3 Å². The van der Waals surface area contributed by atoms with E-state index in [-0.39, 0.29) is 5.84 Å².